The number of ether oxygens (including phenoxy) is 1. The van der Waals surface area contributed by atoms with Gasteiger partial charge in [-0.15, -0.1) is 0 Å². The van der Waals surface area contributed by atoms with Crippen molar-refractivity contribution < 1.29 is 4.74 Å². The van der Waals surface area contributed by atoms with Crippen molar-refractivity contribution in [2.45, 2.75) is 39.3 Å². The van der Waals surface area contributed by atoms with Crippen LogP contribution in [-0.4, -0.2) is 13.2 Å². The molecular formula is C19H25NO. The van der Waals surface area contributed by atoms with Gasteiger partial charge in [-0.25, -0.2) is 0 Å². The monoisotopic (exact) mass is 283 g/mol. The van der Waals surface area contributed by atoms with E-state index < -0.39 is 0 Å². The fraction of sp³-hybridized carbons (Fsp3) is 0.368. The van der Waals surface area contributed by atoms with Crippen LogP contribution in [0.3, 0.4) is 0 Å². The summed E-state index contributed by atoms with van der Waals surface area (Å²) < 4.78 is 5.25. The van der Waals surface area contributed by atoms with Gasteiger partial charge in [0.2, 0.25) is 0 Å². The smallest absolute Gasteiger partial charge is 0.0733 e. The number of aryl methyl sites for hydroxylation is 2. The first-order valence-electron chi connectivity index (χ1n) is 7.58. The third-order valence-electron chi connectivity index (χ3n) is 3.67. The van der Waals surface area contributed by atoms with Crippen molar-refractivity contribution in [1.29, 1.82) is 0 Å². The van der Waals surface area contributed by atoms with E-state index in [0.717, 1.165) is 12.8 Å². The molecule has 1 unspecified atom stereocenters. The van der Waals surface area contributed by atoms with E-state index >= 15 is 0 Å². The van der Waals surface area contributed by atoms with E-state index in [2.05, 4.69) is 67.7 Å². The molecule has 0 aliphatic rings. The van der Waals surface area contributed by atoms with Gasteiger partial charge in [0.05, 0.1) is 6.61 Å². The van der Waals surface area contributed by atoms with E-state index in [1.54, 1.807) is 7.11 Å². The lowest BCUT2D eigenvalue weighted by Gasteiger charge is -2.18. The average Bonchev–Trinajstić information content (AvgIpc) is 2.48. The molecule has 0 amide bonds. The number of anilines is 1. The van der Waals surface area contributed by atoms with E-state index in [-0.39, 0.29) is 0 Å². The second kappa shape index (κ2) is 7.84. The van der Waals surface area contributed by atoms with E-state index in [0.29, 0.717) is 12.6 Å². The van der Waals surface area contributed by atoms with Crippen LogP contribution in [0, 0.1) is 6.92 Å². The summed E-state index contributed by atoms with van der Waals surface area (Å²) in [5.74, 6) is 0. The Bertz CT molecular complexity index is 565. The van der Waals surface area contributed by atoms with Crippen LogP contribution in [0.25, 0.3) is 0 Å². The Labute approximate surface area is 128 Å². The minimum atomic E-state index is 0.434. The molecule has 2 heteroatoms. The molecule has 0 saturated heterocycles. The number of nitrogens with one attached hydrogen (secondary N) is 1. The Morgan fingerprint density at radius 2 is 1.90 bits per heavy atom. The maximum atomic E-state index is 5.25. The summed E-state index contributed by atoms with van der Waals surface area (Å²) in [5.41, 5.74) is 5.13. The standard InChI is InChI=1S/C19H25NO/c1-15-7-6-8-17(13-15)12-11-16(2)20-19-10-5-4-9-18(19)14-21-3/h4-10,13,16,20H,11-12,14H2,1-3H3. The molecule has 0 aliphatic carbocycles. The summed E-state index contributed by atoms with van der Waals surface area (Å²) in [5, 5.41) is 3.60. The number of hydrogen-bond acceptors (Lipinski definition) is 2. The second-order valence-electron chi connectivity index (χ2n) is 5.66. The van der Waals surface area contributed by atoms with Crippen LogP contribution in [0.1, 0.15) is 30.0 Å². The van der Waals surface area contributed by atoms with Crippen molar-refractivity contribution in [2.75, 3.05) is 12.4 Å². The van der Waals surface area contributed by atoms with E-state index in [1.165, 1.54) is 22.4 Å². The van der Waals surface area contributed by atoms with Gasteiger partial charge in [0, 0.05) is 24.4 Å². The molecule has 21 heavy (non-hydrogen) atoms. The van der Waals surface area contributed by atoms with Gasteiger partial charge in [-0.05, 0) is 38.3 Å². The number of rotatable bonds is 7. The second-order valence-corrected chi connectivity index (χ2v) is 5.66. The Morgan fingerprint density at radius 3 is 2.67 bits per heavy atom. The predicted octanol–water partition coefficient (Wildman–Crippen LogP) is 4.57. The lowest BCUT2D eigenvalue weighted by molar-refractivity contribution is 0.185. The molecule has 0 spiro atoms. The summed E-state index contributed by atoms with van der Waals surface area (Å²) in [6.45, 7) is 5.03. The zero-order chi connectivity index (χ0) is 15.1. The molecule has 0 fully saturated rings. The van der Waals surface area contributed by atoms with E-state index in [4.69, 9.17) is 4.74 Å². The van der Waals surface area contributed by atoms with Gasteiger partial charge in [-0.2, -0.15) is 0 Å². The molecule has 0 aliphatic heterocycles. The summed E-state index contributed by atoms with van der Waals surface area (Å²) >= 11 is 0. The molecule has 112 valence electrons. The zero-order valence-electron chi connectivity index (χ0n) is 13.2. The first-order valence-corrected chi connectivity index (χ1v) is 7.58. The Balaban J connectivity index is 1.91. The lowest BCUT2D eigenvalue weighted by Crippen LogP contribution is -2.17. The van der Waals surface area contributed by atoms with Gasteiger partial charge in [0.1, 0.15) is 0 Å². The van der Waals surface area contributed by atoms with Gasteiger partial charge < -0.3 is 10.1 Å². The first-order chi connectivity index (χ1) is 10.2. The minimum absolute atomic E-state index is 0.434. The maximum Gasteiger partial charge on any atom is 0.0733 e. The zero-order valence-corrected chi connectivity index (χ0v) is 13.2. The molecule has 0 heterocycles. The van der Waals surface area contributed by atoms with Gasteiger partial charge in [0.15, 0.2) is 0 Å². The fourth-order valence-corrected chi connectivity index (χ4v) is 2.53. The van der Waals surface area contributed by atoms with Gasteiger partial charge in [0.25, 0.3) is 0 Å². The van der Waals surface area contributed by atoms with Crippen molar-refractivity contribution in [2.24, 2.45) is 0 Å². The molecule has 2 aromatic carbocycles. The number of para-hydroxylation sites is 1. The van der Waals surface area contributed by atoms with Crippen LogP contribution in [0.4, 0.5) is 5.69 Å². The largest absolute Gasteiger partial charge is 0.382 e. The van der Waals surface area contributed by atoms with Gasteiger partial charge in [-0.3, -0.25) is 0 Å². The third kappa shape index (κ3) is 4.91. The summed E-state index contributed by atoms with van der Waals surface area (Å²) in [6, 6.07) is 17.5. The molecule has 2 aromatic rings. The highest BCUT2D eigenvalue weighted by atomic mass is 16.5. The molecule has 0 bridgehead atoms. The summed E-state index contributed by atoms with van der Waals surface area (Å²) in [6.07, 6.45) is 2.22. The van der Waals surface area contributed by atoms with Crippen molar-refractivity contribution in [3.05, 3.63) is 65.2 Å². The highest BCUT2D eigenvalue weighted by Gasteiger charge is 2.06. The number of methoxy groups -OCH3 is 1. The van der Waals surface area contributed by atoms with Crippen LogP contribution in [0.2, 0.25) is 0 Å². The molecule has 0 aromatic heterocycles. The number of hydrogen-bond donors (Lipinski definition) is 1. The Morgan fingerprint density at radius 1 is 1.10 bits per heavy atom. The fourth-order valence-electron chi connectivity index (χ4n) is 2.53. The van der Waals surface area contributed by atoms with Crippen molar-refractivity contribution >= 4 is 5.69 Å². The maximum absolute atomic E-state index is 5.25. The lowest BCUT2D eigenvalue weighted by atomic mass is 10.0. The first kappa shape index (κ1) is 15.6. The Kier molecular flexibility index (Phi) is 5.82. The SMILES string of the molecule is COCc1ccccc1NC(C)CCc1cccc(C)c1. The highest BCUT2D eigenvalue weighted by Crippen LogP contribution is 2.18. The average molecular weight is 283 g/mol. The molecule has 2 rings (SSSR count). The summed E-state index contributed by atoms with van der Waals surface area (Å²) in [4.78, 5) is 0. The van der Waals surface area contributed by atoms with Gasteiger partial charge >= 0.3 is 0 Å². The van der Waals surface area contributed by atoms with Crippen LogP contribution >= 0.6 is 0 Å². The summed E-state index contributed by atoms with van der Waals surface area (Å²) in [7, 11) is 1.73. The van der Waals surface area contributed by atoms with Crippen LogP contribution in [-0.2, 0) is 17.8 Å². The van der Waals surface area contributed by atoms with Crippen molar-refractivity contribution in [1.82, 2.24) is 0 Å². The predicted molar refractivity (Wildman–Crippen MR) is 89.7 cm³/mol. The quantitative estimate of drug-likeness (QED) is 0.803. The van der Waals surface area contributed by atoms with Crippen molar-refractivity contribution in [3.8, 4) is 0 Å². The van der Waals surface area contributed by atoms with E-state index in [9.17, 15) is 0 Å². The van der Waals surface area contributed by atoms with E-state index in [1.807, 2.05) is 0 Å². The normalized spacial score (nSPS) is 12.1. The van der Waals surface area contributed by atoms with Crippen LogP contribution < -0.4 is 5.32 Å². The highest BCUT2D eigenvalue weighted by molar-refractivity contribution is 5.51. The molecule has 2 nitrogen and oxygen atoms in total. The van der Waals surface area contributed by atoms with Gasteiger partial charge in [-0.1, -0.05) is 48.0 Å². The molecule has 0 saturated carbocycles. The van der Waals surface area contributed by atoms with Crippen LogP contribution in [0.5, 0.6) is 0 Å². The topological polar surface area (TPSA) is 21.3 Å². The van der Waals surface area contributed by atoms with Crippen LogP contribution in [0.15, 0.2) is 48.5 Å². The Hall–Kier alpha value is -1.80. The molecule has 1 atom stereocenters. The number of benzene rings is 2. The van der Waals surface area contributed by atoms with Crippen molar-refractivity contribution in [3.63, 3.8) is 0 Å². The molecular weight excluding hydrogens is 258 g/mol. The third-order valence-corrected chi connectivity index (χ3v) is 3.67. The molecule has 0 radical (unpaired) electrons. The minimum Gasteiger partial charge on any atom is -0.382 e. The molecule has 1 N–H and O–H groups in total.